The summed E-state index contributed by atoms with van der Waals surface area (Å²) in [7, 11) is -3.70. The first-order valence-corrected chi connectivity index (χ1v) is 10.5. The Bertz CT molecular complexity index is 992. The fraction of sp³-hybridized carbons (Fsp3) is 0.368. The maximum atomic E-state index is 13.4. The average Bonchev–Trinajstić information content (AvgIpc) is 3.28. The molecule has 0 atom stereocenters. The van der Waals surface area contributed by atoms with E-state index in [9.17, 15) is 8.42 Å². The summed E-state index contributed by atoms with van der Waals surface area (Å²) >= 11 is 0. The number of benzene rings is 1. The summed E-state index contributed by atoms with van der Waals surface area (Å²) in [4.78, 5) is 0.253. The van der Waals surface area contributed by atoms with E-state index in [4.69, 9.17) is 0 Å². The van der Waals surface area contributed by atoms with Crippen LogP contribution in [0.4, 0.5) is 0 Å². The third-order valence-corrected chi connectivity index (χ3v) is 6.31. The maximum Gasteiger partial charge on any atom is 0.247 e. The summed E-state index contributed by atoms with van der Waals surface area (Å²) < 4.78 is 31.8. The zero-order chi connectivity index (χ0) is 19.4. The predicted molar refractivity (Wildman–Crippen MR) is 103 cm³/mol. The van der Waals surface area contributed by atoms with Crippen molar-refractivity contribution in [2.45, 2.75) is 51.8 Å². The van der Waals surface area contributed by atoms with Gasteiger partial charge in [-0.2, -0.15) is 14.5 Å². The van der Waals surface area contributed by atoms with Crippen molar-refractivity contribution in [2.24, 2.45) is 0 Å². The van der Waals surface area contributed by atoms with Crippen LogP contribution in [0.15, 0.2) is 53.8 Å². The molecule has 27 heavy (non-hydrogen) atoms. The topological polar surface area (TPSA) is 73.0 Å². The molecule has 7 nitrogen and oxygen atoms in total. The number of nitrogens with zero attached hydrogens (tertiary/aromatic N) is 5. The Kier molecular flexibility index (Phi) is 5.76. The van der Waals surface area contributed by atoms with Crippen LogP contribution in [-0.4, -0.2) is 32.3 Å². The second-order valence-corrected chi connectivity index (χ2v) is 8.30. The largest absolute Gasteiger partial charge is 0.273 e. The van der Waals surface area contributed by atoms with E-state index in [1.165, 1.54) is 4.31 Å². The second-order valence-electron chi connectivity index (χ2n) is 6.40. The first-order valence-electron chi connectivity index (χ1n) is 9.03. The Balaban J connectivity index is 1.97. The number of aromatic nitrogens is 4. The summed E-state index contributed by atoms with van der Waals surface area (Å²) in [5, 5.41) is 8.57. The number of aryl methyl sites for hydroxylation is 3. The highest BCUT2D eigenvalue weighted by molar-refractivity contribution is 7.89. The summed E-state index contributed by atoms with van der Waals surface area (Å²) in [5.74, 6) is 0. The Labute approximate surface area is 160 Å². The SMILES string of the molecule is CCn1cc(CN(Cc2ccccc2)S(=O)(=O)c2cn(CC)nc2C)cn1. The van der Waals surface area contributed by atoms with Gasteiger partial charge in [-0.1, -0.05) is 30.3 Å². The molecular weight excluding hydrogens is 362 g/mol. The van der Waals surface area contributed by atoms with Gasteiger partial charge in [-0.05, 0) is 26.3 Å². The Morgan fingerprint density at radius 2 is 1.63 bits per heavy atom. The molecule has 0 aliphatic heterocycles. The van der Waals surface area contributed by atoms with Crippen molar-refractivity contribution >= 4 is 10.0 Å². The van der Waals surface area contributed by atoms with Gasteiger partial charge in [0.25, 0.3) is 0 Å². The summed E-state index contributed by atoms with van der Waals surface area (Å²) in [6, 6.07) is 9.61. The minimum Gasteiger partial charge on any atom is -0.273 e. The highest BCUT2D eigenvalue weighted by atomic mass is 32.2. The lowest BCUT2D eigenvalue weighted by Gasteiger charge is -2.21. The third kappa shape index (κ3) is 4.28. The molecule has 144 valence electrons. The van der Waals surface area contributed by atoms with E-state index in [0.29, 0.717) is 12.2 Å². The van der Waals surface area contributed by atoms with Crippen molar-refractivity contribution in [3.63, 3.8) is 0 Å². The molecule has 0 aliphatic carbocycles. The molecule has 0 fully saturated rings. The zero-order valence-electron chi connectivity index (χ0n) is 15.9. The van der Waals surface area contributed by atoms with Crippen LogP contribution in [0.5, 0.6) is 0 Å². The minimum atomic E-state index is -3.70. The van der Waals surface area contributed by atoms with Crippen molar-refractivity contribution in [1.29, 1.82) is 0 Å². The van der Waals surface area contributed by atoms with Crippen LogP contribution in [-0.2, 0) is 36.2 Å². The maximum absolute atomic E-state index is 13.4. The predicted octanol–water partition coefficient (Wildman–Crippen LogP) is 2.82. The third-order valence-electron chi connectivity index (χ3n) is 4.41. The van der Waals surface area contributed by atoms with Crippen molar-refractivity contribution in [2.75, 3.05) is 0 Å². The van der Waals surface area contributed by atoms with Crippen LogP contribution in [0.3, 0.4) is 0 Å². The number of sulfonamides is 1. The lowest BCUT2D eigenvalue weighted by Crippen LogP contribution is -2.30. The van der Waals surface area contributed by atoms with E-state index in [2.05, 4.69) is 10.2 Å². The normalized spacial score (nSPS) is 12.0. The first-order chi connectivity index (χ1) is 12.9. The number of hydrogen-bond donors (Lipinski definition) is 0. The van der Waals surface area contributed by atoms with Gasteiger partial charge in [0.05, 0.1) is 11.9 Å². The molecule has 1 aromatic carbocycles. The molecule has 0 bridgehead atoms. The molecule has 3 rings (SSSR count). The van der Waals surface area contributed by atoms with E-state index in [0.717, 1.165) is 17.7 Å². The van der Waals surface area contributed by atoms with Crippen LogP contribution in [0, 0.1) is 6.92 Å². The molecule has 3 aromatic rings. The fourth-order valence-electron chi connectivity index (χ4n) is 2.93. The Morgan fingerprint density at radius 1 is 0.963 bits per heavy atom. The average molecular weight is 388 g/mol. The molecule has 0 saturated heterocycles. The van der Waals surface area contributed by atoms with Gasteiger partial charge < -0.3 is 0 Å². The van der Waals surface area contributed by atoms with Gasteiger partial charge in [-0.25, -0.2) is 8.42 Å². The van der Waals surface area contributed by atoms with E-state index in [1.54, 1.807) is 28.7 Å². The van der Waals surface area contributed by atoms with Gasteiger partial charge in [0, 0.05) is 44.1 Å². The molecule has 8 heteroatoms. The van der Waals surface area contributed by atoms with Gasteiger partial charge in [0.1, 0.15) is 4.90 Å². The molecule has 0 N–H and O–H groups in total. The van der Waals surface area contributed by atoms with E-state index < -0.39 is 10.0 Å². The van der Waals surface area contributed by atoms with E-state index >= 15 is 0 Å². The summed E-state index contributed by atoms with van der Waals surface area (Å²) in [5.41, 5.74) is 2.31. The van der Waals surface area contributed by atoms with E-state index in [-0.39, 0.29) is 18.0 Å². The van der Waals surface area contributed by atoms with E-state index in [1.807, 2.05) is 50.4 Å². The minimum absolute atomic E-state index is 0.253. The molecule has 2 aromatic heterocycles. The molecule has 0 saturated carbocycles. The number of hydrogen-bond acceptors (Lipinski definition) is 4. The van der Waals surface area contributed by atoms with Crippen molar-refractivity contribution in [3.8, 4) is 0 Å². The van der Waals surface area contributed by atoms with Crippen molar-refractivity contribution in [3.05, 3.63) is 65.7 Å². The molecule has 0 spiro atoms. The molecule has 0 radical (unpaired) electrons. The zero-order valence-corrected chi connectivity index (χ0v) is 16.7. The fourth-order valence-corrected chi connectivity index (χ4v) is 4.52. The highest BCUT2D eigenvalue weighted by Crippen LogP contribution is 2.23. The highest BCUT2D eigenvalue weighted by Gasteiger charge is 2.29. The second kappa shape index (κ2) is 8.06. The lowest BCUT2D eigenvalue weighted by molar-refractivity contribution is 0.400. The van der Waals surface area contributed by atoms with Crippen molar-refractivity contribution < 1.29 is 8.42 Å². The van der Waals surface area contributed by atoms with Gasteiger partial charge in [0.2, 0.25) is 10.0 Å². The smallest absolute Gasteiger partial charge is 0.247 e. The molecule has 2 heterocycles. The van der Waals surface area contributed by atoms with Crippen LogP contribution >= 0.6 is 0 Å². The Hall–Kier alpha value is -2.45. The van der Waals surface area contributed by atoms with Crippen LogP contribution < -0.4 is 0 Å². The summed E-state index contributed by atoms with van der Waals surface area (Å²) in [6.45, 7) is 7.58. The van der Waals surface area contributed by atoms with Crippen molar-refractivity contribution in [1.82, 2.24) is 23.9 Å². The molecule has 0 amide bonds. The molecular formula is C19H25N5O2S. The van der Waals surface area contributed by atoms with Crippen LogP contribution in [0.2, 0.25) is 0 Å². The van der Waals surface area contributed by atoms with Gasteiger partial charge in [-0.15, -0.1) is 0 Å². The van der Waals surface area contributed by atoms with Gasteiger partial charge >= 0.3 is 0 Å². The quantitative estimate of drug-likeness (QED) is 0.596. The lowest BCUT2D eigenvalue weighted by atomic mass is 10.2. The number of rotatable bonds is 8. The first kappa shape index (κ1) is 19.3. The van der Waals surface area contributed by atoms with Gasteiger partial charge in [-0.3, -0.25) is 9.36 Å². The van der Waals surface area contributed by atoms with Gasteiger partial charge in [0.15, 0.2) is 0 Å². The standard InChI is InChI=1S/C19H25N5O2S/c1-4-22-12-18(11-20-22)14-24(13-17-9-7-6-8-10-17)27(25,26)19-15-23(5-2)21-16(19)3/h6-12,15H,4-5,13-14H2,1-3H3. The molecule has 0 aliphatic rings. The van der Waals surface area contributed by atoms with Crippen LogP contribution in [0.1, 0.15) is 30.7 Å². The summed E-state index contributed by atoms with van der Waals surface area (Å²) in [6.07, 6.45) is 5.22. The molecule has 0 unspecified atom stereocenters. The van der Waals surface area contributed by atoms with Crippen LogP contribution in [0.25, 0.3) is 0 Å². The monoisotopic (exact) mass is 387 g/mol. The Morgan fingerprint density at radius 3 is 2.22 bits per heavy atom.